The first-order valence-electron chi connectivity index (χ1n) is 8.78. The number of aryl methyl sites for hydroxylation is 1. The number of carbonyl (C=O) groups is 1. The zero-order chi connectivity index (χ0) is 20.1. The molecule has 0 saturated heterocycles. The second kappa shape index (κ2) is 8.35. The lowest BCUT2D eigenvalue weighted by atomic mass is 10.1. The van der Waals surface area contributed by atoms with E-state index in [1.54, 1.807) is 24.3 Å². The van der Waals surface area contributed by atoms with Crippen molar-refractivity contribution < 1.29 is 14.5 Å². The third kappa shape index (κ3) is 4.35. The molecule has 0 unspecified atom stereocenters. The Hall–Kier alpha value is -3.67. The lowest BCUT2D eigenvalue weighted by Gasteiger charge is -2.14. The van der Waals surface area contributed by atoms with Crippen LogP contribution in [0.3, 0.4) is 0 Å². The summed E-state index contributed by atoms with van der Waals surface area (Å²) in [6, 6.07) is 19.0. The number of nitrogens with zero attached hydrogens (tertiary/aromatic N) is 1. The van der Waals surface area contributed by atoms with E-state index in [4.69, 9.17) is 4.74 Å². The number of nitro benzene ring substituents is 1. The van der Waals surface area contributed by atoms with Crippen molar-refractivity contribution in [1.82, 2.24) is 0 Å². The summed E-state index contributed by atoms with van der Waals surface area (Å²) in [6.07, 6.45) is 0. The van der Waals surface area contributed by atoms with Crippen LogP contribution in [0.1, 0.15) is 27.0 Å². The molecule has 0 bridgehead atoms. The second-order valence-electron chi connectivity index (χ2n) is 6.42. The monoisotopic (exact) mass is 376 g/mol. The normalized spacial score (nSPS) is 10.4. The first-order chi connectivity index (χ1) is 13.5. The van der Waals surface area contributed by atoms with E-state index in [-0.39, 0.29) is 12.3 Å². The van der Waals surface area contributed by atoms with E-state index in [1.807, 2.05) is 44.2 Å². The van der Waals surface area contributed by atoms with Crippen LogP contribution in [0.15, 0.2) is 66.7 Å². The largest absolute Gasteiger partial charge is 0.457 e. The van der Waals surface area contributed by atoms with Crippen molar-refractivity contribution in [2.75, 3.05) is 5.32 Å². The number of para-hydroxylation sites is 1. The van der Waals surface area contributed by atoms with E-state index < -0.39 is 10.9 Å². The molecule has 0 atom stereocenters. The molecular formula is C22H20N2O4. The number of nitro groups is 1. The first-order valence-corrected chi connectivity index (χ1v) is 8.78. The minimum atomic E-state index is -0.467. The fourth-order valence-corrected chi connectivity index (χ4v) is 2.74. The molecule has 1 N–H and O–H groups in total. The highest BCUT2D eigenvalue weighted by atomic mass is 16.6. The molecule has 0 radical (unpaired) electrons. The SMILES string of the molecule is Cc1cccc(Nc2ccccc2C(=O)OCc2ccc([N+](=O)[O-])cc2)c1C. The Bertz CT molecular complexity index is 1010. The van der Waals surface area contributed by atoms with E-state index >= 15 is 0 Å². The average Bonchev–Trinajstić information content (AvgIpc) is 2.70. The number of carbonyl (C=O) groups excluding carboxylic acids is 1. The third-order valence-electron chi connectivity index (χ3n) is 4.54. The standard InChI is InChI=1S/C22H20N2O4/c1-15-6-5-9-20(16(15)2)23-21-8-4-3-7-19(21)22(25)28-14-17-10-12-18(13-11-17)24(26)27/h3-13,23H,14H2,1-2H3. The number of benzene rings is 3. The van der Waals surface area contributed by atoms with Crippen molar-refractivity contribution in [3.05, 3.63) is 99.1 Å². The first kappa shape index (κ1) is 19.1. The summed E-state index contributed by atoms with van der Waals surface area (Å²) in [5, 5.41) is 14.0. The van der Waals surface area contributed by atoms with E-state index in [2.05, 4.69) is 5.32 Å². The number of esters is 1. The number of nitrogens with one attached hydrogen (secondary N) is 1. The van der Waals surface area contributed by atoms with Gasteiger partial charge < -0.3 is 10.1 Å². The van der Waals surface area contributed by atoms with E-state index in [1.165, 1.54) is 12.1 Å². The number of rotatable bonds is 6. The maximum Gasteiger partial charge on any atom is 0.340 e. The number of hydrogen-bond donors (Lipinski definition) is 1. The van der Waals surface area contributed by atoms with Crippen LogP contribution in [-0.2, 0) is 11.3 Å². The van der Waals surface area contributed by atoms with E-state index in [0.717, 1.165) is 16.8 Å². The molecule has 3 aromatic rings. The van der Waals surface area contributed by atoms with Crippen LogP contribution in [-0.4, -0.2) is 10.9 Å². The number of anilines is 2. The number of hydrogen-bond acceptors (Lipinski definition) is 5. The summed E-state index contributed by atoms with van der Waals surface area (Å²) >= 11 is 0. The summed E-state index contributed by atoms with van der Waals surface area (Å²) in [5.41, 5.74) is 4.95. The van der Waals surface area contributed by atoms with Crippen molar-refractivity contribution in [1.29, 1.82) is 0 Å². The molecule has 0 heterocycles. The van der Waals surface area contributed by atoms with Crippen LogP contribution in [0, 0.1) is 24.0 Å². The zero-order valence-corrected chi connectivity index (χ0v) is 15.6. The van der Waals surface area contributed by atoms with Gasteiger partial charge in [-0.3, -0.25) is 10.1 Å². The smallest absolute Gasteiger partial charge is 0.340 e. The van der Waals surface area contributed by atoms with Gasteiger partial charge in [0.15, 0.2) is 0 Å². The van der Waals surface area contributed by atoms with Crippen LogP contribution in [0.5, 0.6) is 0 Å². The molecule has 0 spiro atoms. The lowest BCUT2D eigenvalue weighted by Crippen LogP contribution is -2.08. The molecule has 0 aliphatic rings. The van der Waals surface area contributed by atoms with Crippen LogP contribution < -0.4 is 5.32 Å². The van der Waals surface area contributed by atoms with Crippen LogP contribution in [0.25, 0.3) is 0 Å². The zero-order valence-electron chi connectivity index (χ0n) is 15.6. The maximum absolute atomic E-state index is 12.6. The predicted molar refractivity (Wildman–Crippen MR) is 108 cm³/mol. The highest BCUT2D eigenvalue weighted by Gasteiger charge is 2.14. The predicted octanol–water partition coefficient (Wildman–Crippen LogP) is 5.31. The van der Waals surface area contributed by atoms with Gasteiger partial charge in [-0.25, -0.2) is 4.79 Å². The van der Waals surface area contributed by atoms with Crippen molar-refractivity contribution >= 4 is 23.0 Å². The van der Waals surface area contributed by atoms with Crippen LogP contribution in [0.4, 0.5) is 17.1 Å². The van der Waals surface area contributed by atoms with Gasteiger partial charge in [0.1, 0.15) is 6.61 Å². The average molecular weight is 376 g/mol. The second-order valence-corrected chi connectivity index (χ2v) is 6.42. The molecule has 28 heavy (non-hydrogen) atoms. The Morgan fingerprint density at radius 3 is 2.36 bits per heavy atom. The van der Waals surface area contributed by atoms with Crippen molar-refractivity contribution in [3.63, 3.8) is 0 Å². The highest BCUT2D eigenvalue weighted by Crippen LogP contribution is 2.26. The Labute approximate surface area is 162 Å². The van der Waals surface area contributed by atoms with E-state index in [0.29, 0.717) is 16.8 Å². The van der Waals surface area contributed by atoms with Crippen molar-refractivity contribution in [2.45, 2.75) is 20.5 Å². The molecule has 3 rings (SSSR count). The lowest BCUT2D eigenvalue weighted by molar-refractivity contribution is -0.384. The van der Waals surface area contributed by atoms with Gasteiger partial charge in [-0.15, -0.1) is 0 Å². The molecular weight excluding hydrogens is 356 g/mol. The fourth-order valence-electron chi connectivity index (χ4n) is 2.74. The summed E-state index contributed by atoms with van der Waals surface area (Å²) in [6.45, 7) is 4.09. The molecule has 0 aliphatic heterocycles. The maximum atomic E-state index is 12.6. The third-order valence-corrected chi connectivity index (χ3v) is 4.54. The summed E-state index contributed by atoms with van der Waals surface area (Å²) in [4.78, 5) is 22.8. The van der Waals surface area contributed by atoms with Gasteiger partial charge in [0.25, 0.3) is 5.69 Å². The van der Waals surface area contributed by atoms with Crippen LogP contribution >= 0.6 is 0 Å². The molecule has 0 fully saturated rings. The number of non-ortho nitro benzene ring substituents is 1. The van der Waals surface area contributed by atoms with Gasteiger partial charge in [0, 0.05) is 17.8 Å². The Morgan fingerprint density at radius 1 is 0.964 bits per heavy atom. The van der Waals surface area contributed by atoms with Gasteiger partial charge in [-0.05, 0) is 60.9 Å². The molecule has 3 aromatic carbocycles. The Morgan fingerprint density at radius 2 is 1.64 bits per heavy atom. The molecule has 142 valence electrons. The molecule has 6 nitrogen and oxygen atoms in total. The van der Waals surface area contributed by atoms with Gasteiger partial charge in [-0.1, -0.05) is 24.3 Å². The Balaban J connectivity index is 1.73. The number of ether oxygens (including phenoxy) is 1. The van der Waals surface area contributed by atoms with Gasteiger partial charge >= 0.3 is 5.97 Å². The van der Waals surface area contributed by atoms with Gasteiger partial charge in [0.2, 0.25) is 0 Å². The quantitative estimate of drug-likeness (QED) is 0.358. The molecule has 0 aliphatic carbocycles. The molecule has 0 saturated carbocycles. The van der Waals surface area contributed by atoms with Gasteiger partial charge in [-0.2, -0.15) is 0 Å². The minimum absolute atomic E-state index is 0.00172. The van der Waals surface area contributed by atoms with E-state index in [9.17, 15) is 14.9 Å². The summed E-state index contributed by atoms with van der Waals surface area (Å²) in [7, 11) is 0. The summed E-state index contributed by atoms with van der Waals surface area (Å²) in [5.74, 6) is -0.466. The molecule has 6 heteroatoms. The minimum Gasteiger partial charge on any atom is -0.457 e. The van der Waals surface area contributed by atoms with Crippen molar-refractivity contribution in [3.8, 4) is 0 Å². The molecule has 0 amide bonds. The van der Waals surface area contributed by atoms with Crippen LogP contribution in [0.2, 0.25) is 0 Å². The Kier molecular flexibility index (Phi) is 5.69. The topological polar surface area (TPSA) is 81.5 Å². The molecule has 0 aromatic heterocycles. The highest BCUT2D eigenvalue weighted by molar-refractivity contribution is 5.96. The summed E-state index contributed by atoms with van der Waals surface area (Å²) < 4.78 is 5.40. The van der Waals surface area contributed by atoms with Gasteiger partial charge in [0.05, 0.1) is 16.2 Å². The fraction of sp³-hybridized carbons (Fsp3) is 0.136. The van der Waals surface area contributed by atoms with Crippen molar-refractivity contribution in [2.24, 2.45) is 0 Å².